The molecule has 1 aromatic heterocycles. The first-order valence-electron chi connectivity index (χ1n) is 10.9. The SMILES string of the molecule is CN(C)[C@@H]1C(O)=C(C(N)=O)C(=O)[C@@]2(O)C(O)=C3C(=O)c4c(O)c(NCC(F)(F)F)nc(Cl)c4C[C@H]3C[C@@H]12. The number of Topliss-reactive ketones (excluding diaryl/α,β-unsaturated/α-hetero) is 2. The van der Waals surface area contributed by atoms with E-state index in [1.54, 1.807) is 0 Å². The number of hydrogen-bond acceptors (Lipinski definition) is 10. The molecule has 3 aliphatic carbocycles. The van der Waals surface area contributed by atoms with Crippen molar-refractivity contribution in [1.29, 1.82) is 0 Å². The number of carbonyl (C=O) groups excluding carboxylic acids is 3. The molecule has 1 aromatic rings. The maximum atomic E-state index is 13.5. The number of primary amides is 1. The van der Waals surface area contributed by atoms with Crippen LogP contribution in [0.5, 0.6) is 5.75 Å². The summed E-state index contributed by atoms with van der Waals surface area (Å²) in [5.41, 5.74) is 0.435. The van der Waals surface area contributed by atoms with Crippen LogP contribution in [0.2, 0.25) is 5.15 Å². The lowest BCUT2D eigenvalue weighted by Crippen LogP contribution is -2.63. The second-order valence-electron chi connectivity index (χ2n) is 9.39. The summed E-state index contributed by atoms with van der Waals surface area (Å²) in [7, 11) is 2.98. The zero-order valence-electron chi connectivity index (χ0n) is 19.4. The quantitative estimate of drug-likeness (QED) is 0.236. The Bertz CT molecular complexity index is 1310. The van der Waals surface area contributed by atoms with E-state index in [2.05, 4.69) is 4.98 Å². The van der Waals surface area contributed by atoms with Gasteiger partial charge in [0.25, 0.3) is 5.91 Å². The zero-order chi connectivity index (χ0) is 27.8. The molecule has 4 rings (SSSR count). The van der Waals surface area contributed by atoms with Crippen LogP contribution in [0, 0.1) is 11.8 Å². The lowest BCUT2D eigenvalue weighted by molar-refractivity contribution is -0.148. The van der Waals surface area contributed by atoms with Crippen molar-refractivity contribution in [3.8, 4) is 5.75 Å². The fourth-order valence-electron chi connectivity index (χ4n) is 5.47. The molecule has 1 amide bonds. The third kappa shape index (κ3) is 3.90. The average molecular weight is 547 g/mol. The number of amides is 1. The van der Waals surface area contributed by atoms with Gasteiger partial charge in [0, 0.05) is 17.1 Å². The normalized spacial score (nSPS) is 27.7. The Labute approximate surface area is 212 Å². The molecule has 11 nitrogen and oxygen atoms in total. The summed E-state index contributed by atoms with van der Waals surface area (Å²) >= 11 is 6.16. The number of ketones is 2. The maximum absolute atomic E-state index is 13.5. The topological polar surface area (TPSA) is 186 Å². The first-order chi connectivity index (χ1) is 17.0. The highest BCUT2D eigenvalue weighted by molar-refractivity contribution is 6.32. The molecule has 0 spiro atoms. The number of aromatic hydroxyl groups is 1. The summed E-state index contributed by atoms with van der Waals surface area (Å²) < 4.78 is 38.0. The molecule has 37 heavy (non-hydrogen) atoms. The number of nitrogens with zero attached hydrogens (tertiary/aromatic N) is 2. The Morgan fingerprint density at radius 3 is 2.43 bits per heavy atom. The molecule has 15 heteroatoms. The number of nitrogens with two attached hydrogens (primary N) is 1. The van der Waals surface area contributed by atoms with Crippen LogP contribution in [0.1, 0.15) is 22.3 Å². The second-order valence-corrected chi connectivity index (χ2v) is 9.74. The van der Waals surface area contributed by atoms with Gasteiger partial charge in [-0.15, -0.1) is 0 Å². The number of aromatic nitrogens is 1. The van der Waals surface area contributed by atoms with E-state index in [1.165, 1.54) is 19.0 Å². The van der Waals surface area contributed by atoms with E-state index < -0.39 is 93.5 Å². The van der Waals surface area contributed by atoms with Gasteiger partial charge in [0.05, 0.1) is 11.6 Å². The van der Waals surface area contributed by atoms with Crippen LogP contribution in [0.25, 0.3) is 0 Å². The summed E-state index contributed by atoms with van der Waals surface area (Å²) in [6, 6.07) is -1.17. The predicted molar refractivity (Wildman–Crippen MR) is 121 cm³/mol. The minimum absolute atomic E-state index is 0.00477. The number of anilines is 1. The summed E-state index contributed by atoms with van der Waals surface area (Å²) in [5.74, 6) is -9.50. The van der Waals surface area contributed by atoms with Gasteiger partial charge in [0.2, 0.25) is 5.78 Å². The molecule has 0 unspecified atom stereocenters. The fourth-order valence-corrected chi connectivity index (χ4v) is 5.73. The van der Waals surface area contributed by atoms with Crippen LogP contribution in [0.4, 0.5) is 19.0 Å². The Morgan fingerprint density at radius 2 is 1.89 bits per heavy atom. The Balaban J connectivity index is 1.90. The first kappa shape index (κ1) is 26.7. The Morgan fingerprint density at radius 1 is 1.27 bits per heavy atom. The molecule has 0 bridgehead atoms. The number of fused-ring (bicyclic) bond motifs is 3. The minimum atomic E-state index is -4.68. The highest BCUT2D eigenvalue weighted by atomic mass is 35.5. The highest BCUT2D eigenvalue weighted by Crippen LogP contribution is 2.53. The minimum Gasteiger partial charge on any atom is -0.510 e. The highest BCUT2D eigenvalue weighted by Gasteiger charge is 2.63. The molecule has 4 atom stereocenters. The van der Waals surface area contributed by atoms with Gasteiger partial charge in [-0.1, -0.05) is 11.6 Å². The lowest BCUT2D eigenvalue weighted by Gasteiger charge is -2.50. The molecular weight excluding hydrogens is 525 g/mol. The van der Waals surface area contributed by atoms with Crippen LogP contribution in [-0.4, -0.2) is 86.2 Å². The van der Waals surface area contributed by atoms with Crippen LogP contribution < -0.4 is 11.1 Å². The molecule has 7 N–H and O–H groups in total. The molecule has 0 saturated heterocycles. The number of alkyl halides is 3. The third-order valence-corrected chi connectivity index (χ3v) is 7.31. The van der Waals surface area contributed by atoms with Crippen molar-refractivity contribution in [2.24, 2.45) is 17.6 Å². The monoisotopic (exact) mass is 546 g/mol. The summed E-state index contributed by atoms with van der Waals surface area (Å²) in [4.78, 5) is 43.8. The molecule has 0 fully saturated rings. The van der Waals surface area contributed by atoms with Crippen LogP contribution in [-0.2, 0) is 16.0 Å². The van der Waals surface area contributed by atoms with Crippen molar-refractivity contribution in [3.05, 3.63) is 38.9 Å². The van der Waals surface area contributed by atoms with Gasteiger partial charge in [-0.25, -0.2) is 4.98 Å². The van der Waals surface area contributed by atoms with Crippen molar-refractivity contribution in [2.75, 3.05) is 26.0 Å². The van der Waals surface area contributed by atoms with E-state index in [0.717, 1.165) is 0 Å². The number of halogens is 4. The molecule has 1 heterocycles. The van der Waals surface area contributed by atoms with Gasteiger partial charge in [0.1, 0.15) is 28.8 Å². The molecule has 0 aliphatic heterocycles. The molecule has 0 aromatic carbocycles. The van der Waals surface area contributed by atoms with Gasteiger partial charge < -0.3 is 31.5 Å². The standard InChI is InChI=1S/C22H22ClF3N4O7/c1-30(2)12-8-4-6-3-7-10(15(33)20(29-18(7)23)28-5-21(24,25)26)13(31)9(6)16(34)22(8,37)17(35)11(14(12)32)19(27)36/h6,8,12,32-34,37H,3-5H2,1-2H3,(H2,27,36)(H,28,29)/t6-,8-,12-,22-/m0/s1. The Kier molecular flexibility index (Phi) is 6.20. The second kappa shape index (κ2) is 8.60. The van der Waals surface area contributed by atoms with Gasteiger partial charge in [-0.3, -0.25) is 19.3 Å². The van der Waals surface area contributed by atoms with E-state index in [4.69, 9.17) is 17.3 Å². The molecular formula is C22H22ClF3N4O7. The molecule has 200 valence electrons. The number of likely N-dealkylation sites (N-methyl/N-ethyl adjacent to an activating group) is 1. The number of allylic oxidation sites excluding steroid dienone is 1. The van der Waals surface area contributed by atoms with Crippen LogP contribution >= 0.6 is 11.6 Å². The van der Waals surface area contributed by atoms with Crippen molar-refractivity contribution >= 4 is 34.9 Å². The van der Waals surface area contributed by atoms with Gasteiger partial charge >= 0.3 is 6.18 Å². The summed E-state index contributed by atoms with van der Waals surface area (Å²) in [5, 5.41) is 45.5. The molecule has 0 radical (unpaired) electrons. The number of nitrogens with one attached hydrogen (secondary N) is 1. The molecule has 3 aliphatic rings. The lowest BCUT2D eigenvalue weighted by atomic mass is 9.58. The first-order valence-corrected chi connectivity index (χ1v) is 11.3. The van der Waals surface area contributed by atoms with Crippen molar-refractivity contribution < 1.29 is 48.0 Å². The number of rotatable bonds is 4. The van der Waals surface area contributed by atoms with E-state index in [0.29, 0.717) is 0 Å². The molecule has 0 saturated carbocycles. The van der Waals surface area contributed by atoms with Crippen molar-refractivity contribution in [2.45, 2.75) is 30.7 Å². The van der Waals surface area contributed by atoms with E-state index in [1.807, 2.05) is 5.32 Å². The Hall–Kier alpha value is -3.36. The van der Waals surface area contributed by atoms with Crippen molar-refractivity contribution in [3.63, 3.8) is 0 Å². The largest absolute Gasteiger partial charge is 0.510 e. The number of pyridine rings is 1. The van der Waals surface area contributed by atoms with E-state index in [-0.39, 0.29) is 23.6 Å². The van der Waals surface area contributed by atoms with Gasteiger partial charge in [0.15, 0.2) is 23.0 Å². The number of hydrogen-bond donors (Lipinski definition) is 6. The van der Waals surface area contributed by atoms with E-state index >= 15 is 0 Å². The van der Waals surface area contributed by atoms with Gasteiger partial charge in [-0.05, 0) is 32.9 Å². The summed E-state index contributed by atoms with van der Waals surface area (Å²) in [6.45, 7) is -1.60. The summed E-state index contributed by atoms with van der Waals surface area (Å²) in [6.07, 6.45) is -5.00. The van der Waals surface area contributed by atoms with Gasteiger partial charge in [-0.2, -0.15) is 13.2 Å². The average Bonchev–Trinajstić information content (AvgIpc) is 2.76. The van der Waals surface area contributed by atoms with Crippen LogP contribution in [0.3, 0.4) is 0 Å². The third-order valence-electron chi connectivity index (χ3n) is 6.99. The van der Waals surface area contributed by atoms with Crippen molar-refractivity contribution in [1.82, 2.24) is 9.88 Å². The zero-order valence-corrected chi connectivity index (χ0v) is 20.1. The smallest absolute Gasteiger partial charge is 0.405 e. The number of carbonyl (C=O) groups is 3. The number of aliphatic hydroxyl groups is 3. The fraction of sp³-hybridized carbons (Fsp3) is 0.455. The van der Waals surface area contributed by atoms with E-state index in [9.17, 15) is 48.0 Å². The van der Waals surface area contributed by atoms with Crippen LogP contribution in [0.15, 0.2) is 22.7 Å². The predicted octanol–water partition coefficient (Wildman–Crippen LogP) is 1.14. The maximum Gasteiger partial charge on any atom is 0.405 e. The number of aliphatic hydroxyl groups excluding tert-OH is 2.